The molecule has 0 atom stereocenters. The summed E-state index contributed by atoms with van der Waals surface area (Å²) in [5.74, 6) is 0.969. The highest BCUT2D eigenvalue weighted by atomic mass is 19.4. The summed E-state index contributed by atoms with van der Waals surface area (Å²) in [6, 6.07) is 10.2. The quantitative estimate of drug-likeness (QED) is 0.679. The van der Waals surface area contributed by atoms with Crippen LogP contribution in [0.4, 0.5) is 13.2 Å². The number of ether oxygens (including phenoxy) is 2. The van der Waals surface area contributed by atoms with Crippen molar-refractivity contribution in [1.29, 1.82) is 0 Å². The van der Waals surface area contributed by atoms with E-state index in [9.17, 15) is 13.2 Å². The molecule has 1 fully saturated rings. The summed E-state index contributed by atoms with van der Waals surface area (Å²) in [5, 5.41) is 0. The fraction of sp³-hybridized carbons (Fsp3) is 0.429. The lowest BCUT2D eigenvalue weighted by atomic mass is 9.79. The zero-order chi connectivity index (χ0) is 21.4. The average molecular weight is 408 g/mol. The smallest absolute Gasteiger partial charge is 0.493 e. The van der Waals surface area contributed by atoms with Gasteiger partial charge in [-0.15, -0.1) is 0 Å². The van der Waals surface area contributed by atoms with Crippen LogP contribution >= 0.6 is 0 Å². The molecule has 4 nitrogen and oxygen atoms in total. The number of alkyl halides is 3. The molecule has 0 amide bonds. The van der Waals surface area contributed by atoms with E-state index in [1.165, 1.54) is 19.2 Å². The second kappa shape index (κ2) is 7.57. The van der Waals surface area contributed by atoms with Gasteiger partial charge in [-0.1, -0.05) is 18.2 Å². The summed E-state index contributed by atoms with van der Waals surface area (Å²) in [6.45, 7) is 8.03. The summed E-state index contributed by atoms with van der Waals surface area (Å²) >= 11 is 0. The van der Waals surface area contributed by atoms with Gasteiger partial charge in [0.2, 0.25) is 0 Å². The Morgan fingerprint density at radius 1 is 0.897 bits per heavy atom. The Bertz CT molecular complexity index is 847. The summed E-state index contributed by atoms with van der Waals surface area (Å²) in [5.41, 5.74) is -0.186. The maximum absolute atomic E-state index is 12.7. The van der Waals surface area contributed by atoms with E-state index >= 15 is 0 Å². The lowest BCUT2D eigenvalue weighted by molar-refractivity contribution is -0.137. The molecule has 8 heteroatoms. The van der Waals surface area contributed by atoms with Gasteiger partial charge in [0.1, 0.15) is 6.61 Å². The van der Waals surface area contributed by atoms with Crippen LogP contribution in [0.15, 0.2) is 42.5 Å². The zero-order valence-electron chi connectivity index (χ0n) is 17.1. The van der Waals surface area contributed by atoms with Crippen molar-refractivity contribution in [1.82, 2.24) is 0 Å². The minimum absolute atomic E-state index is 0.115. The molecule has 3 rings (SSSR count). The van der Waals surface area contributed by atoms with E-state index < -0.39 is 30.1 Å². The fourth-order valence-corrected chi connectivity index (χ4v) is 2.88. The zero-order valence-corrected chi connectivity index (χ0v) is 17.1. The molecule has 0 unspecified atom stereocenters. The van der Waals surface area contributed by atoms with Crippen LogP contribution in [-0.2, 0) is 22.1 Å². The van der Waals surface area contributed by atoms with Crippen molar-refractivity contribution in [3.05, 3.63) is 53.6 Å². The van der Waals surface area contributed by atoms with Gasteiger partial charge in [-0.3, -0.25) is 0 Å². The van der Waals surface area contributed by atoms with Gasteiger partial charge in [0.05, 0.1) is 23.9 Å². The van der Waals surface area contributed by atoms with Crippen molar-refractivity contribution in [3.8, 4) is 11.5 Å². The Labute approximate surface area is 169 Å². The van der Waals surface area contributed by atoms with E-state index in [1.807, 2.05) is 33.8 Å². The number of hydrogen-bond donors (Lipinski definition) is 0. The summed E-state index contributed by atoms with van der Waals surface area (Å²) in [6.07, 6.45) is -4.36. The van der Waals surface area contributed by atoms with Gasteiger partial charge in [0.25, 0.3) is 0 Å². The van der Waals surface area contributed by atoms with E-state index in [-0.39, 0.29) is 6.61 Å². The number of hydrogen-bond acceptors (Lipinski definition) is 4. The Morgan fingerprint density at radius 3 is 2.00 bits per heavy atom. The molecular weight excluding hydrogens is 384 g/mol. The minimum Gasteiger partial charge on any atom is -0.493 e. The molecule has 2 aromatic carbocycles. The lowest BCUT2D eigenvalue weighted by Gasteiger charge is -2.32. The molecule has 1 aliphatic rings. The Morgan fingerprint density at radius 2 is 1.48 bits per heavy atom. The molecule has 0 aromatic heterocycles. The first-order chi connectivity index (χ1) is 13.4. The normalized spacial score (nSPS) is 18.0. The molecule has 0 aliphatic carbocycles. The third kappa shape index (κ3) is 4.54. The Hall–Kier alpha value is -2.19. The molecule has 0 saturated carbocycles. The van der Waals surface area contributed by atoms with E-state index in [4.69, 9.17) is 18.8 Å². The van der Waals surface area contributed by atoms with Gasteiger partial charge >= 0.3 is 13.3 Å². The minimum atomic E-state index is -4.36. The Kier molecular flexibility index (Phi) is 5.62. The maximum Gasteiger partial charge on any atom is 0.494 e. The highest BCUT2D eigenvalue weighted by Gasteiger charge is 2.51. The van der Waals surface area contributed by atoms with Gasteiger partial charge < -0.3 is 18.8 Å². The SMILES string of the molecule is COc1cc(B2OC(C)(C)C(C)(C)O2)ccc1OCc1ccc(C(F)(F)F)cc1. The van der Waals surface area contributed by atoms with Crippen LogP contribution in [0.5, 0.6) is 11.5 Å². The van der Waals surface area contributed by atoms with Gasteiger partial charge in [-0.2, -0.15) is 13.2 Å². The van der Waals surface area contributed by atoms with E-state index in [0.29, 0.717) is 17.1 Å². The average Bonchev–Trinajstić information content (AvgIpc) is 2.87. The van der Waals surface area contributed by atoms with E-state index in [2.05, 4.69) is 0 Å². The summed E-state index contributed by atoms with van der Waals surface area (Å²) in [4.78, 5) is 0. The monoisotopic (exact) mass is 408 g/mol. The molecule has 1 heterocycles. The van der Waals surface area contributed by atoms with Gasteiger partial charge in [-0.25, -0.2) is 0 Å². The third-order valence-corrected chi connectivity index (χ3v) is 5.39. The molecule has 1 saturated heterocycles. The summed E-state index contributed by atoms with van der Waals surface area (Å²) in [7, 11) is 0.992. The predicted octanol–water partition coefficient (Wildman–Crippen LogP) is 4.59. The van der Waals surface area contributed by atoms with Gasteiger partial charge in [0.15, 0.2) is 11.5 Å². The van der Waals surface area contributed by atoms with Crippen LogP contribution in [0.1, 0.15) is 38.8 Å². The Balaban J connectivity index is 1.71. The van der Waals surface area contributed by atoms with Crippen molar-refractivity contribution < 1.29 is 32.0 Å². The van der Waals surface area contributed by atoms with E-state index in [1.54, 1.807) is 12.1 Å². The van der Waals surface area contributed by atoms with E-state index in [0.717, 1.165) is 17.6 Å². The number of rotatable bonds is 5. The van der Waals surface area contributed by atoms with Crippen LogP contribution in [0.3, 0.4) is 0 Å². The van der Waals surface area contributed by atoms with Crippen molar-refractivity contribution in [2.75, 3.05) is 7.11 Å². The summed E-state index contributed by atoms with van der Waals surface area (Å²) < 4.78 is 61.3. The van der Waals surface area contributed by atoms with Crippen molar-refractivity contribution >= 4 is 12.6 Å². The molecule has 29 heavy (non-hydrogen) atoms. The molecular formula is C21H24BF3O4. The highest BCUT2D eigenvalue weighted by molar-refractivity contribution is 6.62. The molecule has 1 aliphatic heterocycles. The second-order valence-electron chi connectivity index (χ2n) is 7.98. The molecule has 156 valence electrons. The molecule has 2 aromatic rings. The first-order valence-corrected chi connectivity index (χ1v) is 9.25. The van der Waals surface area contributed by atoms with Gasteiger partial charge in [0, 0.05) is 0 Å². The number of halogens is 3. The largest absolute Gasteiger partial charge is 0.494 e. The second-order valence-corrected chi connectivity index (χ2v) is 7.98. The predicted molar refractivity (Wildman–Crippen MR) is 104 cm³/mol. The standard InChI is InChI=1S/C21H24BF3O4/c1-19(2)20(3,4)29-22(28-19)16-10-11-17(18(12-16)26-5)27-13-14-6-8-15(9-7-14)21(23,24)25/h6-12H,13H2,1-5H3. The molecule has 0 spiro atoms. The molecule has 0 bridgehead atoms. The molecule has 0 N–H and O–H groups in total. The van der Waals surface area contributed by atoms with Crippen molar-refractivity contribution in [3.63, 3.8) is 0 Å². The number of methoxy groups -OCH3 is 1. The fourth-order valence-electron chi connectivity index (χ4n) is 2.88. The third-order valence-electron chi connectivity index (χ3n) is 5.39. The number of benzene rings is 2. The van der Waals surface area contributed by atoms with Crippen molar-refractivity contribution in [2.45, 2.75) is 51.7 Å². The topological polar surface area (TPSA) is 36.9 Å². The van der Waals surface area contributed by atoms with Crippen LogP contribution in [-0.4, -0.2) is 25.4 Å². The first-order valence-electron chi connectivity index (χ1n) is 9.25. The first kappa shape index (κ1) is 21.5. The van der Waals surface area contributed by atoms with Crippen molar-refractivity contribution in [2.24, 2.45) is 0 Å². The highest BCUT2D eigenvalue weighted by Crippen LogP contribution is 2.37. The maximum atomic E-state index is 12.7. The van der Waals surface area contributed by atoms with Gasteiger partial charge in [-0.05, 0) is 63.0 Å². The lowest BCUT2D eigenvalue weighted by Crippen LogP contribution is -2.41. The van der Waals surface area contributed by atoms with Crippen LogP contribution in [0.25, 0.3) is 0 Å². The van der Waals surface area contributed by atoms with Crippen LogP contribution < -0.4 is 14.9 Å². The van der Waals surface area contributed by atoms with Crippen LogP contribution in [0, 0.1) is 0 Å². The van der Waals surface area contributed by atoms with Crippen LogP contribution in [0.2, 0.25) is 0 Å². The molecule has 0 radical (unpaired) electrons.